The molecule has 1 aromatic heterocycles. The van der Waals surface area contributed by atoms with Crippen LogP contribution in [0.4, 0.5) is 11.8 Å². The van der Waals surface area contributed by atoms with E-state index in [0.717, 1.165) is 55.7 Å². The number of amides is 1. The SMILES string of the molecule is CC(=O)N1CCN(c2cc(C)nc(NCCc3cccc(Cl)c3)n2)CC1. The number of hydrogen-bond acceptors (Lipinski definition) is 5. The summed E-state index contributed by atoms with van der Waals surface area (Å²) in [7, 11) is 0. The van der Waals surface area contributed by atoms with Crippen LogP contribution in [0, 0.1) is 6.92 Å². The summed E-state index contributed by atoms with van der Waals surface area (Å²) in [6.07, 6.45) is 0.852. The summed E-state index contributed by atoms with van der Waals surface area (Å²) >= 11 is 6.02. The van der Waals surface area contributed by atoms with Gasteiger partial charge in [-0.05, 0) is 31.0 Å². The van der Waals surface area contributed by atoms with Gasteiger partial charge in [-0.3, -0.25) is 4.79 Å². The zero-order valence-corrected chi connectivity index (χ0v) is 16.0. The third kappa shape index (κ3) is 4.85. The van der Waals surface area contributed by atoms with Crippen LogP contribution in [0.2, 0.25) is 5.02 Å². The van der Waals surface area contributed by atoms with Crippen molar-refractivity contribution >= 4 is 29.3 Å². The van der Waals surface area contributed by atoms with Crippen LogP contribution >= 0.6 is 11.6 Å². The molecule has 1 amide bonds. The number of hydrogen-bond donors (Lipinski definition) is 1. The topological polar surface area (TPSA) is 61.4 Å². The van der Waals surface area contributed by atoms with E-state index in [0.29, 0.717) is 5.95 Å². The van der Waals surface area contributed by atoms with Crippen molar-refractivity contribution in [2.24, 2.45) is 0 Å². The molecule has 2 aromatic rings. The molecule has 138 valence electrons. The van der Waals surface area contributed by atoms with Gasteiger partial charge in [0.05, 0.1) is 0 Å². The van der Waals surface area contributed by atoms with Crippen LogP contribution in [0.15, 0.2) is 30.3 Å². The van der Waals surface area contributed by atoms with Gasteiger partial charge in [0.2, 0.25) is 11.9 Å². The average molecular weight is 374 g/mol. The van der Waals surface area contributed by atoms with Crippen LogP contribution < -0.4 is 10.2 Å². The zero-order valence-electron chi connectivity index (χ0n) is 15.2. The minimum atomic E-state index is 0.131. The molecule has 1 fully saturated rings. The molecule has 0 spiro atoms. The Kier molecular flexibility index (Phi) is 5.93. The smallest absolute Gasteiger partial charge is 0.224 e. The molecule has 0 radical (unpaired) electrons. The molecule has 0 aliphatic carbocycles. The number of halogens is 1. The van der Waals surface area contributed by atoms with E-state index < -0.39 is 0 Å². The molecule has 1 N–H and O–H groups in total. The van der Waals surface area contributed by atoms with E-state index in [4.69, 9.17) is 11.6 Å². The van der Waals surface area contributed by atoms with E-state index in [1.54, 1.807) is 6.92 Å². The predicted molar refractivity (Wildman–Crippen MR) is 105 cm³/mol. The van der Waals surface area contributed by atoms with Gasteiger partial charge in [-0.25, -0.2) is 4.98 Å². The second-order valence-corrected chi connectivity index (χ2v) is 6.93. The second-order valence-electron chi connectivity index (χ2n) is 6.49. The first-order valence-corrected chi connectivity index (χ1v) is 9.23. The first-order valence-electron chi connectivity index (χ1n) is 8.86. The number of carbonyl (C=O) groups excluding carboxylic acids is 1. The van der Waals surface area contributed by atoms with Crippen molar-refractivity contribution in [2.75, 3.05) is 42.9 Å². The molecule has 1 aliphatic rings. The summed E-state index contributed by atoms with van der Waals surface area (Å²) in [4.78, 5) is 24.7. The molecule has 3 rings (SSSR count). The summed E-state index contributed by atoms with van der Waals surface area (Å²) in [5.74, 6) is 1.67. The molecular formula is C19H24ClN5O. The Hall–Kier alpha value is -2.34. The molecular weight excluding hydrogens is 350 g/mol. The van der Waals surface area contributed by atoms with Gasteiger partial charge in [0.15, 0.2) is 0 Å². The molecule has 0 unspecified atom stereocenters. The highest BCUT2D eigenvalue weighted by molar-refractivity contribution is 6.30. The van der Waals surface area contributed by atoms with Gasteiger partial charge >= 0.3 is 0 Å². The molecule has 26 heavy (non-hydrogen) atoms. The van der Waals surface area contributed by atoms with Gasteiger partial charge in [0.1, 0.15) is 5.82 Å². The van der Waals surface area contributed by atoms with Crippen LogP contribution in [0.3, 0.4) is 0 Å². The van der Waals surface area contributed by atoms with Crippen LogP contribution in [0.25, 0.3) is 0 Å². The second kappa shape index (κ2) is 8.36. The number of aryl methyl sites for hydroxylation is 1. The van der Waals surface area contributed by atoms with E-state index in [1.807, 2.05) is 36.1 Å². The predicted octanol–water partition coefficient (Wildman–Crippen LogP) is 2.76. The number of benzene rings is 1. The van der Waals surface area contributed by atoms with Crippen molar-refractivity contribution in [3.05, 3.63) is 46.6 Å². The van der Waals surface area contributed by atoms with Gasteiger partial charge < -0.3 is 15.1 Å². The number of nitrogens with zero attached hydrogens (tertiary/aromatic N) is 4. The van der Waals surface area contributed by atoms with Gasteiger partial charge in [-0.2, -0.15) is 4.98 Å². The first-order chi connectivity index (χ1) is 12.5. The number of rotatable bonds is 5. The van der Waals surface area contributed by atoms with Crippen molar-refractivity contribution in [1.82, 2.24) is 14.9 Å². The summed E-state index contributed by atoms with van der Waals surface area (Å²) in [5, 5.41) is 4.05. The molecule has 1 aliphatic heterocycles. The fourth-order valence-corrected chi connectivity index (χ4v) is 3.27. The van der Waals surface area contributed by atoms with E-state index in [9.17, 15) is 4.79 Å². The number of anilines is 2. The van der Waals surface area contributed by atoms with E-state index >= 15 is 0 Å². The zero-order chi connectivity index (χ0) is 18.5. The minimum Gasteiger partial charge on any atom is -0.354 e. The van der Waals surface area contributed by atoms with Crippen molar-refractivity contribution in [1.29, 1.82) is 0 Å². The normalized spacial score (nSPS) is 14.4. The summed E-state index contributed by atoms with van der Waals surface area (Å²) < 4.78 is 0. The third-order valence-corrected chi connectivity index (χ3v) is 4.71. The maximum absolute atomic E-state index is 11.5. The Morgan fingerprint density at radius 3 is 2.65 bits per heavy atom. The molecule has 6 nitrogen and oxygen atoms in total. The van der Waals surface area contributed by atoms with Crippen LogP contribution in [-0.4, -0.2) is 53.5 Å². The Labute approximate surface area is 159 Å². The molecule has 0 saturated carbocycles. The monoisotopic (exact) mass is 373 g/mol. The lowest BCUT2D eigenvalue weighted by molar-refractivity contribution is -0.129. The standard InChI is InChI=1S/C19H24ClN5O/c1-14-12-18(25-10-8-24(9-11-25)15(2)26)23-19(22-14)21-7-6-16-4-3-5-17(20)13-16/h3-5,12-13H,6-11H2,1-2H3,(H,21,22,23). The van der Waals surface area contributed by atoms with E-state index in [2.05, 4.69) is 26.3 Å². The fraction of sp³-hybridized carbons (Fsp3) is 0.421. The maximum Gasteiger partial charge on any atom is 0.224 e. The van der Waals surface area contributed by atoms with Crippen LogP contribution in [0.5, 0.6) is 0 Å². The lowest BCUT2D eigenvalue weighted by Crippen LogP contribution is -2.48. The molecule has 0 bridgehead atoms. The minimum absolute atomic E-state index is 0.131. The van der Waals surface area contributed by atoms with Gasteiger partial charge in [-0.1, -0.05) is 23.7 Å². The summed E-state index contributed by atoms with van der Waals surface area (Å²) in [6, 6.07) is 9.86. The quantitative estimate of drug-likeness (QED) is 0.873. The highest BCUT2D eigenvalue weighted by atomic mass is 35.5. The average Bonchev–Trinajstić information content (AvgIpc) is 2.61. The van der Waals surface area contributed by atoms with Gasteiger partial charge in [0, 0.05) is 56.4 Å². The number of carbonyl (C=O) groups is 1. The molecule has 0 atom stereocenters. The number of aromatic nitrogens is 2. The maximum atomic E-state index is 11.5. The highest BCUT2D eigenvalue weighted by Gasteiger charge is 2.20. The van der Waals surface area contributed by atoms with Gasteiger partial charge in [0.25, 0.3) is 0 Å². The summed E-state index contributed by atoms with van der Waals surface area (Å²) in [6.45, 7) is 7.37. The largest absolute Gasteiger partial charge is 0.354 e. The Balaban J connectivity index is 1.60. The van der Waals surface area contributed by atoms with Crippen LogP contribution in [-0.2, 0) is 11.2 Å². The van der Waals surface area contributed by atoms with Crippen molar-refractivity contribution in [2.45, 2.75) is 20.3 Å². The highest BCUT2D eigenvalue weighted by Crippen LogP contribution is 2.17. The lowest BCUT2D eigenvalue weighted by atomic mass is 10.1. The van der Waals surface area contributed by atoms with Crippen molar-refractivity contribution in [3.8, 4) is 0 Å². The summed E-state index contributed by atoms with van der Waals surface area (Å²) in [5.41, 5.74) is 2.10. The third-order valence-electron chi connectivity index (χ3n) is 4.48. The molecule has 2 heterocycles. The molecule has 1 saturated heterocycles. The van der Waals surface area contributed by atoms with Crippen LogP contribution in [0.1, 0.15) is 18.2 Å². The van der Waals surface area contributed by atoms with E-state index in [-0.39, 0.29) is 5.91 Å². The van der Waals surface area contributed by atoms with Gasteiger partial charge in [-0.15, -0.1) is 0 Å². The number of nitrogens with one attached hydrogen (secondary N) is 1. The lowest BCUT2D eigenvalue weighted by Gasteiger charge is -2.35. The van der Waals surface area contributed by atoms with Crippen molar-refractivity contribution < 1.29 is 4.79 Å². The molecule has 1 aromatic carbocycles. The first kappa shape index (κ1) is 18.5. The Morgan fingerprint density at radius 1 is 1.19 bits per heavy atom. The molecule has 7 heteroatoms. The Bertz CT molecular complexity index is 774. The van der Waals surface area contributed by atoms with Crippen molar-refractivity contribution in [3.63, 3.8) is 0 Å². The number of piperazine rings is 1. The fourth-order valence-electron chi connectivity index (χ4n) is 3.05. The Morgan fingerprint density at radius 2 is 1.96 bits per heavy atom. The van der Waals surface area contributed by atoms with E-state index in [1.165, 1.54) is 5.56 Å².